The normalized spacial score (nSPS) is 17.2. The van der Waals surface area contributed by atoms with Crippen molar-refractivity contribution in [1.29, 1.82) is 0 Å². The fourth-order valence-corrected chi connectivity index (χ4v) is 2.56. The first kappa shape index (κ1) is 12.2. The number of halogens is 1. The van der Waals surface area contributed by atoms with Gasteiger partial charge < -0.3 is 5.32 Å². The predicted molar refractivity (Wildman–Crippen MR) is 73.2 cm³/mol. The second kappa shape index (κ2) is 5.36. The number of hydrogen-bond donors (Lipinski definition) is 1. The number of thioether (sulfide) groups is 1. The van der Waals surface area contributed by atoms with E-state index in [1.807, 2.05) is 17.8 Å². The quantitative estimate of drug-likeness (QED) is 0.847. The van der Waals surface area contributed by atoms with Gasteiger partial charge in [-0.2, -0.15) is 11.8 Å². The summed E-state index contributed by atoms with van der Waals surface area (Å²) in [5, 5.41) is 3.40. The van der Waals surface area contributed by atoms with Gasteiger partial charge in [-0.3, -0.25) is 0 Å². The van der Waals surface area contributed by atoms with Gasteiger partial charge in [-0.25, -0.2) is 9.97 Å². The molecule has 1 atom stereocenters. The van der Waals surface area contributed by atoms with Crippen molar-refractivity contribution < 1.29 is 0 Å². The Morgan fingerprint density at radius 2 is 2.31 bits per heavy atom. The van der Waals surface area contributed by atoms with Gasteiger partial charge >= 0.3 is 0 Å². The van der Waals surface area contributed by atoms with Crippen LogP contribution in [0.2, 0.25) is 0 Å². The van der Waals surface area contributed by atoms with Gasteiger partial charge in [-0.1, -0.05) is 0 Å². The maximum atomic E-state index is 4.56. The SMILES string of the molecule is CSCC(C)Nc1cc(Br)nc(C2CC2)n1. The van der Waals surface area contributed by atoms with Gasteiger partial charge in [0.05, 0.1) is 0 Å². The van der Waals surface area contributed by atoms with E-state index in [0.717, 1.165) is 22.0 Å². The van der Waals surface area contributed by atoms with E-state index in [-0.39, 0.29) is 0 Å². The van der Waals surface area contributed by atoms with E-state index < -0.39 is 0 Å². The lowest BCUT2D eigenvalue weighted by atomic mass is 10.3. The molecule has 1 unspecified atom stereocenters. The molecule has 1 aromatic rings. The molecule has 0 aromatic carbocycles. The van der Waals surface area contributed by atoms with Crippen LogP contribution in [0.4, 0.5) is 5.82 Å². The van der Waals surface area contributed by atoms with Crippen molar-refractivity contribution >= 4 is 33.5 Å². The molecule has 0 spiro atoms. The van der Waals surface area contributed by atoms with Crippen LogP contribution in [-0.2, 0) is 0 Å². The Kier molecular flexibility index (Phi) is 4.08. The second-order valence-corrected chi connectivity index (χ2v) is 5.93. The minimum Gasteiger partial charge on any atom is -0.367 e. The van der Waals surface area contributed by atoms with Crippen molar-refractivity contribution in [1.82, 2.24) is 9.97 Å². The summed E-state index contributed by atoms with van der Waals surface area (Å²) in [6, 6.07) is 2.38. The monoisotopic (exact) mass is 301 g/mol. The van der Waals surface area contributed by atoms with Crippen LogP contribution in [0.1, 0.15) is 31.5 Å². The van der Waals surface area contributed by atoms with Crippen LogP contribution in [0.5, 0.6) is 0 Å². The Balaban J connectivity index is 2.07. The highest BCUT2D eigenvalue weighted by Gasteiger charge is 2.27. The number of aromatic nitrogens is 2. The minimum absolute atomic E-state index is 0.434. The Labute approximate surface area is 109 Å². The third kappa shape index (κ3) is 3.35. The van der Waals surface area contributed by atoms with Crippen LogP contribution < -0.4 is 5.32 Å². The van der Waals surface area contributed by atoms with Crippen molar-refractivity contribution in [3.8, 4) is 0 Å². The van der Waals surface area contributed by atoms with Crippen LogP contribution in [0, 0.1) is 0 Å². The summed E-state index contributed by atoms with van der Waals surface area (Å²) in [4.78, 5) is 8.97. The molecule has 0 saturated heterocycles. The third-order valence-corrected chi connectivity index (χ3v) is 3.71. The van der Waals surface area contributed by atoms with Crippen molar-refractivity contribution in [2.24, 2.45) is 0 Å². The fourth-order valence-electron chi connectivity index (χ4n) is 1.58. The molecular weight excluding hydrogens is 286 g/mol. The largest absolute Gasteiger partial charge is 0.367 e. The Morgan fingerprint density at radius 1 is 1.56 bits per heavy atom. The van der Waals surface area contributed by atoms with Crippen LogP contribution in [0.25, 0.3) is 0 Å². The number of rotatable bonds is 5. The molecule has 0 bridgehead atoms. The average molecular weight is 302 g/mol. The van der Waals surface area contributed by atoms with Gasteiger partial charge in [-0.15, -0.1) is 0 Å². The van der Waals surface area contributed by atoms with Gasteiger partial charge in [0.25, 0.3) is 0 Å². The Morgan fingerprint density at radius 3 is 2.94 bits per heavy atom. The summed E-state index contributed by atoms with van der Waals surface area (Å²) < 4.78 is 0.878. The highest BCUT2D eigenvalue weighted by atomic mass is 79.9. The van der Waals surface area contributed by atoms with Crippen molar-refractivity contribution in [2.45, 2.75) is 31.7 Å². The second-order valence-electron chi connectivity index (χ2n) is 4.21. The molecule has 1 aromatic heterocycles. The molecule has 2 rings (SSSR count). The summed E-state index contributed by atoms with van der Waals surface area (Å²) >= 11 is 5.28. The molecule has 5 heteroatoms. The molecule has 1 saturated carbocycles. The average Bonchev–Trinajstić information content (AvgIpc) is 2.99. The number of nitrogens with zero attached hydrogens (tertiary/aromatic N) is 2. The Hall–Kier alpha value is -0.290. The maximum Gasteiger partial charge on any atom is 0.135 e. The van der Waals surface area contributed by atoms with Crippen LogP contribution in [0.15, 0.2) is 10.7 Å². The van der Waals surface area contributed by atoms with Crippen LogP contribution in [0.3, 0.4) is 0 Å². The van der Waals surface area contributed by atoms with Gasteiger partial charge in [0.15, 0.2) is 0 Å². The van der Waals surface area contributed by atoms with E-state index in [4.69, 9.17) is 0 Å². The summed E-state index contributed by atoms with van der Waals surface area (Å²) in [6.45, 7) is 2.17. The van der Waals surface area contributed by atoms with Crippen molar-refractivity contribution in [3.05, 3.63) is 16.5 Å². The first-order chi connectivity index (χ1) is 7.69. The molecule has 1 aliphatic rings. The topological polar surface area (TPSA) is 37.8 Å². The molecular formula is C11H16BrN3S. The molecule has 1 heterocycles. The highest BCUT2D eigenvalue weighted by molar-refractivity contribution is 9.10. The molecule has 1 fully saturated rings. The van der Waals surface area contributed by atoms with E-state index >= 15 is 0 Å². The smallest absolute Gasteiger partial charge is 0.135 e. The zero-order valence-corrected chi connectivity index (χ0v) is 11.9. The number of nitrogens with one attached hydrogen (secondary N) is 1. The van der Waals surface area contributed by atoms with E-state index in [1.165, 1.54) is 12.8 Å². The highest BCUT2D eigenvalue weighted by Crippen LogP contribution is 2.38. The summed E-state index contributed by atoms with van der Waals surface area (Å²) in [5.41, 5.74) is 0. The maximum absolute atomic E-state index is 4.56. The molecule has 3 nitrogen and oxygen atoms in total. The minimum atomic E-state index is 0.434. The lowest BCUT2D eigenvalue weighted by Crippen LogP contribution is -2.19. The van der Waals surface area contributed by atoms with E-state index in [1.54, 1.807) is 0 Å². The van der Waals surface area contributed by atoms with Gasteiger partial charge in [0.2, 0.25) is 0 Å². The molecule has 16 heavy (non-hydrogen) atoms. The van der Waals surface area contributed by atoms with Gasteiger partial charge in [0.1, 0.15) is 16.2 Å². The third-order valence-electron chi connectivity index (χ3n) is 2.47. The number of anilines is 1. The van der Waals surface area contributed by atoms with Gasteiger partial charge in [0, 0.05) is 23.8 Å². The predicted octanol–water partition coefficient (Wildman–Crippen LogP) is 3.28. The van der Waals surface area contributed by atoms with E-state index in [9.17, 15) is 0 Å². The summed E-state index contributed by atoms with van der Waals surface area (Å²) in [6.07, 6.45) is 4.58. The molecule has 0 aliphatic heterocycles. The lowest BCUT2D eigenvalue weighted by molar-refractivity contribution is 0.868. The van der Waals surface area contributed by atoms with Crippen LogP contribution >= 0.6 is 27.7 Å². The molecule has 1 N–H and O–H groups in total. The molecule has 0 radical (unpaired) electrons. The standard InChI is InChI=1S/C11H16BrN3S/c1-7(6-16-2)13-10-5-9(12)14-11(15-10)8-3-4-8/h5,7-8H,3-4,6H2,1-2H3,(H,13,14,15). The van der Waals surface area contributed by atoms with E-state index in [2.05, 4.69) is 44.4 Å². The number of hydrogen-bond acceptors (Lipinski definition) is 4. The summed E-state index contributed by atoms with van der Waals surface area (Å²) in [5.74, 6) is 3.59. The van der Waals surface area contributed by atoms with Gasteiger partial charge in [-0.05, 0) is 42.0 Å². The molecule has 88 valence electrons. The van der Waals surface area contributed by atoms with E-state index in [0.29, 0.717) is 12.0 Å². The van der Waals surface area contributed by atoms with Crippen LogP contribution in [-0.4, -0.2) is 28.0 Å². The Bertz CT molecular complexity index is 368. The zero-order chi connectivity index (χ0) is 11.5. The van der Waals surface area contributed by atoms with Crippen molar-refractivity contribution in [2.75, 3.05) is 17.3 Å². The molecule has 1 aliphatic carbocycles. The van der Waals surface area contributed by atoms with Crippen molar-refractivity contribution in [3.63, 3.8) is 0 Å². The lowest BCUT2D eigenvalue weighted by Gasteiger charge is -2.13. The fraction of sp³-hybridized carbons (Fsp3) is 0.636. The molecule has 0 amide bonds. The first-order valence-corrected chi connectivity index (χ1v) is 7.67. The zero-order valence-electron chi connectivity index (χ0n) is 9.53. The first-order valence-electron chi connectivity index (χ1n) is 5.49. The summed E-state index contributed by atoms with van der Waals surface area (Å²) in [7, 11) is 0.